The van der Waals surface area contributed by atoms with Gasteiger partial charge < -0.3 is 15.5 Å². The summed E-state index contributed by atoms with van der Waals surface area (Å²) in [6.07, 6.45) is 3.23. The molecule has 0 aromatic heterocycles. The van der Waals surface area contributed by atoms with Gasteiger partial charge in [0.15, 0.2) is 0 Å². The minimum Gasteiger partial charge on any atom is -0.337 e. The number of hydrogen-bond donors (Lipinski definition) is 2. The molecule has 0 saturated carbocycles. The largest absolute Gasteiger partial charge is 0.337 e. The number of likely N-dealkylation sites (tertiary alicyclic amines) is 1. The molecule has 1 aromatic rings. The molecule has 1 aliphatic rings. The summed E-state index contributed by atoms with van der Waals surface area (Å²) >= 11 is 6.03. The molecule has 1 aromatic carbocycles. The second kappa shape index (κ2) is 8.25. The zero-order valence-electron chi connectivity index (χ0n) is 12.6. The van der Waals surface area contributed by atoms with Gasteiger partial charge in [0, 0.05) is 31.2 Å². The lowest BCUT2D eigenvalue weighted by molar-refractivity contribution is 0.165. The smallest absolute Gasteiger partial charge is 0.317 e. The van der Waals surface area contributed by atoms with Gasteiger partial charge in [-0.25, -0.2) is 4.79 Å². The van der Waals surface area contributed by atoms with Crippen LogP contribution in [0, 0.1) is 5.92 Å². The van der Waals surface area contributed by atoms with E-state index in [1.165, 1.54) is 12.0 Å². The fourth-order valence-electron chi connectivity index (χ4n) is 2.82. The van der Waals surface area contributed by atoms with Gasteiger partial charge in [0.05, 0.1) is 0 Å². The number of nitrogens with zero attached hydrogens (tertiary/aromatic N) is 1. The maximum Gasteiger partial charge on any atom is 0.317 e. The molecule has 1 fully saturated rings. The minimum absolute atomic E-state index is 0.0565. The van der Waals surface area contributed by atoms with E-state index < -0.39 is 0 Å². The van der Waals surface area contributed by atoms with Crippen molar-refractivity contribution in [3.05, 3.63) is 34.9 Å². The van der Waals surface area contributed by atoms with Crippen molar-refractivity contribution < 1.29 is 4.79 Å². The van der Waals surface area contributed by atoms with E-state index in [-0.39, 0.29) is 6.03 Å². The van der Waals surface area contributed by atoms with Crippen LogP contribution in [0.15, 0.2) is 24.3 Å². The number of urea groups is 1. The van der Waals surface area contributed by atoms with Crippen LogP contribution in [0.25, 0.3) is 0 Å². The highest BCUT2D eigenvalue weighted by Crippen LogP contribution is 2.22. The summed E-state index contributed by atoms with van der Waals surface area (Å²) in [6, 6.07) is 8.07. The lowest BCUT2D eigenvalue weighted by atomic mass is 9.91. The van der Waals surface area contributed by atoms with Crippen molar-refractivity contribution in [2.24, 2.45) is 5.92 Å². The highest BCUT2D eigenvalue weighted by atomic mass is 35.5. The first kappa shape index (κ1) is 16.1. The Morgan fingerprint density at radius 1 is 1.43 bits per heavy atom. The number of halogens is 1. The third-order valence-corrected chi connectivity index (χ3v) is 4.11. The zero-order chi connectivity index (χ0) is 15.1. The Balaban J connectivity index is 1.84. The average molecular weight is 310 g/mol. The van der Waals surface area contributed by atoms with E-state index in [4.69, 9.17) is 11.6 Å². The van der Waals surface area contributed by atoms with Gasteiger partial charge in [-0.3, -0.25) is 0 Å². The van der Waals surface area contributed by atoms with Crippen LogP contribution < -0.4 is 10.6 Å². The number of piperidine rings is 1. The summed E-state index contributed by atoms with van der Waals surface area (Å²) in [5.74, 6) is 0.521. The Kier molecular flexibility index (Phi) is 6.33. The molecular formula is C16H24ClN3O. The summed E-state index contributed by atoms with van der Waals surface area (Å²) in [6.45, 7) is 3.16. The van der Waals surface area contributed by atoms with Gasteiger partial charge in [0.25, 0.3) is 0 Å². The predicted octanol–water partition coefficient (Wildman–Crippen LogP) is 2.52. The summed E-state index contributed by atoms with van der Waals surface area (Å²) in [4.78, 5) is 14.0. The normalized spacial score (nSPS) is 18.6. The number of benzene rings is 1. The molecule has 0 bridgehead atoms. The number of likely N-dealkylation sites (N-methyl/N-ethyl adjacent to an activating group) is 1. The zero-order valence-corrected chi connectivity index (χ0v) is 13.3. The van der Waals surface area contributed by atoms with Crippen LogP contribution in [0.4, 0.5) is 4.79 Å². The van der Waals surface area contributed by atoms with Gasteiger partial charge in [0.1, 0.15) is 0 Å². The predicted molar refractivity (Wildman–Crippen MR) is 86.8 cm³/mol. The molecule has 0 radical (unpaired) electrons. The molecule has 2 rings (SSSR count). The summed E-state index contributed by atoms with van der Waals surface area (Å²) < 4.78 is 0. The molecule has 2 N–H and O–H groups in total. The van der Waals surface area contributed by atoms with Crippen LogP contribution in [-0.2, 0) is 6.42 Å². The molecule has 2 amide bonds. The Morgan fingerprint density at radius 2 is 2.29 bits per heavy atom. The monoisotopic (exact) mass is 309 g/mol. The Bertz CT molecular complexity index is 467. The van der Waals surface area contributed by atoms with E-state index in [2.05, 4.69) is 16.7 Å². The molecule has 4 nitrogen and oxygen atoms in total. The van der Waals surface area contributed by atoms with E-state index in [0.29, 0.717) is 12.5 Å². The van der Waals surface area contributed by atoms with Crippen LogP contribution in [0.5, 0.6) is 0 Å². The van der Waals surface area contributed by atoms with Crippen molar-refractivity contribution in [1.29, 1.82) is 0 Å². The molecular weight excluding hydrogens is 286 g/mol. The van der Waals surface area contributed by atoms with Crippen molar-refractivity contribution in [2.45, 2.75) is 19.3 Å². The number of carbonyl (C=O) groups is 1. The topological polar surface area (TPSA) is 44.4 Å². The van der Waals surface area contributed by atoms with E-state index in [9.17, 15) is 4.79 Å². The molecule has 1 saturated heterocycles. The second-order valence-corrected chi connectivity index (χ2v) is 6.06. The van der Waals surface area contributed by atoms with Crippen molar-refractivity contribution in [2.75, 3.05) is 33.2 Å². The fourth-order valence-corrected chi connectivity index (χ4v) is 3.03. The Labute approximate surface area is 131 Å². The molecule has 1 aliphatic heterocycles. The third-order valence-electron chi connectivity index (χ3n) is 3.87. The first-order chi connectivity index (χ1) is 10.2. The van der Waals surface area contributed by atoms with E-state index in [0.717, 1.165) is 37.5 Å². The molecule has 5 heteroatoms. The fraction of sp³-hybridized carbons (Fsp3) is 0.562. The summed E-state index contributed by atoms with van der Waals surface area (Å²) in [5.41, 5.74) is 1.25. The SMILES string of the molecule is CNCCNC(=O)N1CCC[C@@H](Cc2cccc(Cl)c2)C1. The van der Waals surface area contributed by atoms with E-state index >= 15 is 0 Å². The minimum atomic E-state index is 0.0565. The number of rotatable bonds is 5. The van der Waals surface area contributed by atoms with Crippen molar-refractivity contribution in [3.63, 3.8) is 0 Å². The molecule has 21 heavy (non-hydrogen) atoms. The maximum atomic E-state index is 12.1. The molecule has 0 aliphatic carbocycles. The van der Waals surface area contributed by atoms with Crippen LogP contribution in [0.3, 0.4) is 0 Å². The molecule has 116 valence electrons. The highest BCUT2D eigenvalue weighted by molar-refractivity contribution is 6.30. The third kappa shape index (κ3) is 5.21. The van der Waals surface area contributed by atoms with Crippen molar-refractivity contribution >= 4 is 17.6 Å². The van der Waals surface area contributed by atoms with E-state index in [1.807, 2.05) is 30.1 Å². The standard InChI is InChI=1S/C16H24ClN3O/c1-18-7-8-19-16(21)20-9-3-5-14(12-20)10-13-4-2-6-15(17)11-13/h2,4,6,11,14,18H,3,5,7-10,12H2,1H3,(H,19,21)/t14-/m0/s1. The van der Waals surface area contributed by atoms with Gasteiger partial charge in [-0.05, 0) is 49.9 Å². The lowest BCUT2D eigenvalue weighted by Gasteiger charge is -2.33. The Hall–Kier alpha value is -1.26. The van der Waals surface area contributed by atoms with Crippen LogP contribution in [-0.4, -0.2) is 44.2 Å². The summed E-state index contributed by atoms with van der Waals surface area (Å²) in [7, 11) is 1.88. The average Bonchev–Trinajstić information content (AvgIpc) is 2.48. The van der Waals surface area contributed by atoms with Gasteiger partial charge in [0.2, 0.25) is 0 Å². The first-order valence-electron chi connectivity index (χ1n) is 7.61. The van der Waals surface area contributed by atoms with Crippen LogP contribution in [0.1, 0.15) is 18.4 Å². The van der Waals surface area contributed by atoms with E-state index in [1.54, 1.807) is 0 Å². The maximum absolute atomic E-state index is 12.1. The molecule has 1 atom stereocenters. The number of hydrogen-bond acceptors (Lipinski definition) is 2. The second-order valence-electron chi connectivity index (χ2n) is 5.62. The van der Waals surface area contributed by atoms with Gasteiger partial charge >= 0.3 is 6.03 Å². The number of amides is 2. The molecule has 0 unspecified atom stereocenters. The summed E-state index contributed by atoms with van der Waals surface area (Å²) in [5, 5.41) is 6.76. The van der Waals surface area contributed by atoms with Crippen molar-refractivity contribution in [3.8, 4) is 0 Å². The molecule has 1 heterocycles. The van der Waals surface area contributed by atoms with Crippen LogP contribution >= 0.6 is 11.6 Å². The van der Waals surface area contributed by atoms with Gasteiger partial charge in [-0.1, -0.05) is 23.7 Å². The highest BCUT2D eigenvalue weighted by Gasteiger charge is 2.23. The van der Waals surface area contributed by atoms with Crippen molar-refractivity contribution in [1.82, 2.24) is 15.5 Å². The van der Waals surface area contributed by atoms with Gasteiger partial charge in [-0.2, -0.15) is 0 Å². The Morgan fingerprint density at radius 3 is 3.05 bits per heavy atom. The quantitative estimate of drug-likeness (QED) is 0.821. The lowest BCUT2D eigenvalue weighted by Crippen LogP contribution is -2.47. The first-order valence-corrected chi connectivity index (χ1v) is 7.98. The van der Waals surface area contributed by atoms with Gasteiger partial charge in [-0.15, -0.1) is 0 Å². The molecule has 0 spiro atoms. The number of nitrogens with one attached hydrogen (secondary N) is 2. The van der Waals surface area contributed by atoms with Crippen LogP contribution in [0.2, 0.25) is 5.02 Å². The number of carbonyl (C=O) groups excluding carboxylic acids is 1.